The Morgan fingerprint density at radius 3 is 2.71 bits per heavy atom. The van der Waals surface area contributed by atoms with Gasteiger partial charge in [-0.15, -0.1) is 0 Å². The number of ether oxygens (including phenoxy) is 1. The Kier molecular flexibility index (Phi) is 4.51. The van der Waals surface area contributed by atoms with Crippen molar-refractivity contribution in [1.82, 2.24) is 5.32 Å². The molecular formula is C14H17ClN2O4. The van der Waals surface area contributed by atoms with Crippen LogP contribution in [0, 0.1) is 5.41 Å². The molecule has 0 radical (unpaired) electrons. The second-order valence-electron chi connectivity index (χ2n) is 5.31. The molecular weight excluding hydrogens is 296 g/mol. The van der Waals surface area contributed by atoms with E-state index in [1.54, 1.807) is 31.2 Å². The molecule has 1 saturated heterocycles. The summed E-state index contributed by atoms with van der Waals surface area (Å²) in [7, 11) is 0. The normalized spacial score (nSPS) is 26.3. The lowest BCUT2D eigenvalue weighted by atomic mass is 9.84. The van der Waals surface area contributed by atoms with Gasteiger partial charge in [-0.3, -0.25) is 4.79 Å². The van der Waals surface area contributed by atoms with Crippen molar-refractivity contribution in [2.45, 2.75) is 19.0 Å². The van der Waals surface area contributed by atoms with Gasteiger partial charge in [-0.05, 0) is 13.0 Å². The van der Waals surface area contributed by atoms with E-state index in [-0.39, 0.29) is 18.2 Å². The van der Waals surface area contributed by atoms with Crippen LogP contribution in [-0.2, 0) is 14.3 Å². The molecule has 0 aliphatic carbocycles. The van der Waals surface area contributed by atoms with Gasteiger partial charge in [0.15, 0.2) is 6.04 Å². The van der Waals surface area contributed by atoms with Crippen molar-refractivity contribution >= 4 is 23.5 Å². The Labute approximate surface area is 127 Å². The molecule has 114 valence electrons. The summed E-state index contributed by atoms with van der Waals surface area (Å²) in [6.07, 6.45) is 0. The van der Waals surface area contributed by atoms with Crippen LogP contribution in [-0.4, -0.2) is 36.2 Å². The van der Waals surface area contributed by atoms with Crippen LogP contribution in [0.15, 0.2) is 24.3 Å². The smallest absolute Gasteiger partial charge is 0.330 e. The number of nitrogens with two attached hydrogens (primary N) is 1. The Morgan fingerprint density at radius 2 is 2.19 bits per heavy atom. The molecule has 0 aromatic heterocycles. The summed E-state index contributed by atoms with van der Waals surface area (Å²) in [5.74, 6) is -1.65. The molecule has 21 heavy (non-hydrogen) atoms. The van der Waals surface area contributed by atoms with Crippen molar-refractivity contribution in [3.63, 3.8) is 0 Å². The van der Waals surface area contributed by atoms with Gasteiger partial charge in [0.05, 0.1) is 18.6 Å². The van der Waals surface area contributed by atoms with Gasteiger partial charge in [0.25, 0.3) is 0 Å². The molecule has 4 N–H and O–H groups in total. The number of carbonyl (C=O) groups is 2. The molecule has 1 amide bonds. The summed E-state index contributed by atoms with van der Waals surface area (Å²) in [5, 5.41) is 12.1. The van der Waals surface area contributed by atoms with Crippen LogP contribution >= 0.6 is 11.6 Å². The van der Waals surface area contributed by atoms with Gasteiger partial charge < -0.3 is 20.9 Å². The lowest BCUT2D eigenvalue weighted by Gasteiger charge is -2.27. The summed E-state index contributed by atoms with van der Waals surface area (Å²) in [6.45, 7) is 2.09. The Hall–Kier alpha value is -1.63. The zero-order chi connectivity index (χ0) is 15.6. The summed E-state index contributed by atoms with van der Waals surface area (Å²) < 4.78 is 5.21. The maximum atomic E-state index is 12.4. The first-order valence-corrected chi connectivity index (χ1v) is 6.85. The number of halogens is 1. The number of carboxylic acids is 1. The Balaban J connectivity index is 2.24. The minimum Gasteiger partial charge on any atom is -0.479 e. The predicted molar refractivity (Wildman–Crippen MR) is 76.9 cm³/mol. The predicted octanol–water partition coefficient (Wildman–Crippen LogP) is 0.946. The van der Waals surface area contributed by atoms with Crippen molar-refractivity contribution in [1.29, 1.82) is 0 Å². The highest BCUT2D eigenvalue weighted by molar-refractivity contribution is 6.31. The van der Waals surface area contributed by atoms with E-state index < -0.39 is 29.4 Å². The first kappa shape index (κ1) is 15.8. The minimum atomic E-state index is -1.23. The van der Waals surface area contributed by atoms with E-state index >= 15 is 0 Å². The van der Waals surface area contributed by atoms with Gasteiger partial charge in [0, 0.05) is 16.6 Å². The number of nitrogens with one attached hydrogen (secondary N) is 1. The largest absolute Gasteiger partial charge is 0.479 e. The Bertz CT molecular complexity index is 566. The molecule has 1 aliphatic heterocycles. The van der Waals surface area contributed by atoms with Crippen LogP contribution in [0.4, 0.5) is 0 Å². The summed E-state index contributed by atoms with van der Waals surface area (Å²) in [5.41, 5.74) is 5.26. The topological polar surface area (TPSA) is 102 Å². The summed E-state index contributed by atoms with van der Waals surface area (Å²) in [6, 6.07) is 4.79. The first-order valence-electron chi connectivity index (χ1n) is 6.48. The molecule has 1 aromatic rings. The number of hydrogen-bond donors (Lipinski definition) is 3. The van der Waals surface area contributed by atoms with E-state index in [9.17, 15) is 14.7 Å². The SMILES string of the molecule is CC1(C(=O)N[C@@H](C(=O)O)c2ccccc2Cl)COCC1N. The van der Waals surface area contributed by atoms with E-state index in [2.05, 4.69) is 5.32 Å². The van der Waals surface area contributed by atoms with Crippen LogP contribution in [0.3, 0.4) is 0 Å². The lowest BCUT2D eigenvalue weighted by Crippen LogP contribution is -2.51. The van der Waals surface area contributed by atoms with Crippen molar-refractivity contribution in [2.75, 3.05) is 13.2 Å². The molecule has 1 fully saturated rings. The van der Waals surface area contributed by atoms with Gasteiger partial charge in [-0.2, -0.15) is 0 Å². The fourth-order valence-corrected chi connectivity index (χ4v) is 2.45. The molecule has 1 aliphatic rings. The van der Waals surface area contributed by atoms with Gasteiger partial charge in [0.2, 0.25) is 5.91 Å². The summed E-state index contributed by atoms with van der Waals surface area (Å²) >= 11 is 6.01. The second kappa shape index (κ2) is 6.01. The average molecular weight is 313 g/mol. The fourth-order valence-electron chi connectivity index (χ4n) is 2.20. The monoisotopic (exact) mass is 312 g/mol. The number of carbonyl (C=O) groups excluding carboxylic acids is 1. The number of carboxylic acid groups (broad SMARTS) is 1. The third-order valence-electron chi connectivity index (χ3n) is 3.78. The first-order chi connectivity index (χ1) is 9.86. The number of aliphatic carboxylic acids is 1. The van der Waals surface area contributed by atoms with Gasteiger partial charge in [-0.1, -0.05) is 29.8 Å². The maximum Gasteiger partial charge on any atom is 0.330 e. The Morgan fingerprint density at radius 1 is 1.52 bits per heavy atom. The molecule has 7 heteroatoms. The lowest BCUT2D eigenvalue weighted by molar-refractivity contribution is -0.144. The third-order valence-corrected chi connectivity index (χ3v) is 4.12. The minimum absolute atomic E-state index is 0.162. The molecule has 3 atom stereocenters. The number of benzene rings is 1. The molecule has 0 saturated carbocycles. The molecule has 1 heterocycles. The van der Waals surface area contributed by atoms with Crippen molar-refractivity contribution in [2.24, 2.45) is 11.1 Å². The van der Waals surface area contributed by atoms with E-state index in [1.165, 1.54) is 0 Å². The number of hydrogen-bond acceptors (Lipinski definition) is 4. The highest BCUT2D eigenvalue weighted by Gasteiger charge is 2.45. The van der Waals surface area contributed by atoms with Crippen LogP contribution in [0.5, 0.6) is 0 Å². The van der Waals surface area contributed by atoms with Crippen molar-refractivity contribution < 1.29 is 19.4 Å². The zero-order valence-electron chi connectivity index (χ0n) is 11.5. The van der Waals surface area contributed by atoms with Gasteiger partial charge in [-0.25, -0.2) is 4.79 Å². The average Bonchev–Trinajstić information content (AvgIpc) is 2.78. The number of rotatable bonds is 4. The fraction of sp³-hybridized carbons (Fsp3) is 0.429. The quantitative estimate of drug-likeness (QED) is 0.768. The molecule has 2 unspecified atom stereocenters. The second-order valence-corrected chi connectivity index (χ2v) is 5.71. The molecule has 2 rings (SSSR count). The highest BCUT2D eigenvalue weighted by atomic mass is 35.5. The molecule has 0 bridgehead atoms. The van der Waals surface area contributed by atoms with E-state index in [0.29, 0.717) is 5.56 Å². The molecule has 6 nitrogen and oxygen atoms in total. The third kappa shape index (κ3) is 3.02. The van der Waals surface area contributed by atoms with Crippen LogP contribution in [0.1, 0.15) is 18.5 Å². The van der Waals surface area contributed by atoms with Crippen LogP contribution in [0.2, 0.25) is 5.02 Å². The number of amides is 1. The zero-order valence-corrected chi connectivity index (χ0v) is 12.3. The van der Waals surface area contributed by atoms with E-state index in [4.69, 9.17) is 22.1 Å². The standard InChI is InChI=1S/C14H17ClN2O4/c1-14(7-21-6-10(14)16)13(20)17-11(12(18)19)8-4-2-3-5-9(8)15/h2-5,10-11H,6-7,16H2,1H3,(H,17,20)(H,18,19)/t10?,11-,14?/m1/s1. The van der Waals surface area contributed by atoms with Gasteiger partial charge in [0.1, 0.15) is 0 Å². The van der Waals surface area contributed by atoms with E-state index in [1.807, 2.05) is 0 Å². The van der Waals surface area contributed by atoms with Crippen molar-refractivity contribution in [3.05, 3.63) is 34.9 Å². The van der Waals surface area contributed by atoms with Crippen LogP contribution < -0.4 is 11.1 Å². The molecule has 0 spiro atoms. The van der Waals surface area contributed by atoms with E-state index in [0.717, 1.165) is 0 Å². The van der Waals surface area contributed by atoms with Gasteiger partial charge >= 0.3 is 5.97 Å². The van der Waals surface area contributed by atoms with Crippen molar-refractivity contribution in [3.8, 4) is 0 Å². The highest BCUT2D eigenvalue weighted by Crippen LogP contribution is 2.29. The summed E-state index contributed by atoms with van der Waals surface area (Å²) in [4.78, 5) is 23.9. The molecule has 1 aromatic carbocycles. The maximum absolute atomic E-state index is 12.4. The van der Waals surface area contributed by atoms with Crippen LogP contribution in [0.25, 0.3) is 0 Å².